The van der Waals surface area contributed by atoms with Gasteiger partial charge in [0.05, 0.1) is 30.5 Å². The molecule has 1 amide bonds. The average Bonchev–Trinajstić information content (AvgIpc) is 3.34. The summed E-state index contributed by atoms with van der Waals surface area (Å²) in [5.41, 5.74) is 2.26. The maximum atomic E-state index is 13.4. The first kappa shape index (κ1) is 26.2. The number of aromatic nitrogens is 2. The van der Waals surface area contributed by atoms with Gasteiger partial charge < -0.3 is 24.4 Å². The fourth-order valence-electron chi connectivity index (χ4n) is 4.59. The Balaban J connectivity index is 1.91. The summed E-state index contributed by atoms with van der Waals surface area (Å²) in [5.74, 6) is -0.510. The molecule has 1 aromatic carbocycles. The van der Waals surface area contributed by atoms with Crippen molar-refractivity contribution in [3.63, 3.8) is 0 Å². The topological polar surface area (TPSA) is 96.6 Å². The highest BCUT2D eigenvalue weighted by Gasteiger charge is 2.46. The van der Waals surface area contributed by atoms with E-state index in [1.54, 1.807) is 29.7 Å². The second kappa shape index (κ2) is 11.0. The van der Waals surface area contributed by atoms with E-state index in [-0.39, 0.29) is 11.3 Å². The van der Waals surface area contributed by atoms with Gasteiger partial charge in [0, 0.05) is 19.3 Å². The number of aryl methyl sites for hydroxylation is 1. The quantitative estimate of drug-likeness (QED) is 0.254. The molecule has 0 radical (unpaired) electrons. The number of nitrogens with zero attached hydrogens (tertiary/aromatic N) is 4. The van der Waals surface area contributed by atoms with E-state index in [1.165, 1.54) is 4.90 Å². The van der Waals surface area contributed by atoms with Crippen molar-refractivity contribution in [2.45, 2.75) is 33.2 Å². The molecule has 0 spiro atoms. The van der Waals surface area contributed by atoms with E-state index in [4.69, 9.17) is 9.47 Å². The molecule has 2 aromatic heterocycles. The number of likely N-dealkylation sites (N-methyl/N-ethyl adjacent to an activating group) is 1. The highest BCUT2D eigenvalue weighted by molar-refractivity contribution is 6.46. The third-order valence-corrected chi connectivity index (χ3v) is 6.30. The van der Waals surface area contributed by atoms with Crippen molar-refractivity contribution >= 4 is 23.1 Å². The zero-order valence-corrected chi connectivity index (χ0v) is 22.0. The molecular formula is C28H34N4O5. The minimum atomic E-state index is -0.798. The van der Waals surface area contributed by atoms with Gasteiger partial charge in [-0.15, -0.1) is 0 Å². The van der Waals surface area contributed by atoms with Crippen LogP contribution in [0.5, 0.6) is 11.5 Å². The summed E-state index contributed by atoms with van der Waals surface area (Å²) in [5, 5.41) is 11.6. The van der Waals surface area contributed by atoms with Crippen LogP contribution in [-0.4, -0.2) is 76.4 Å². The summed E-state index contributed by atoms with van der Waals surface area (Å²) < 4.78 is 13.4. The number of Topliss-reactive ketones (excluding diaryl/α,β-unsaturated/α-hetero) is 1. The third-order valence-electron chi connectivity index (χ3n) is 6.30. The standard InChI is InChI=1S/C28H34N4O5/c1-6-16-37-20-12-11-19(17-21(20)36-7-2)25-23(27(34)28(35)32(25)15-14-30(4)5)26(33)24-18(3)29-22-10-8-9-13-31(22)24/h8-13,17,25,33H,6-7,14-16H2,1-5H3. The zero-order chi connectivity index (χ0) is 26.7. The molecule has 1 fully saturated rings. The van der Waals surface area contributed by atoms with Crippen LogP contribution in [0.4, 0.5) is 0 Å². The molecule has 9 nitrogen and oxygen atoms in total. The summed E-state index contributed by atoms with van der Waals surface area (Å²) in [7, 11) is 3.81. The average molecular weight is 507 g/mol. The van der Waals surface area contributed by atoms with Crippen molar-refractivity contribution in [1.82, 2.24) is 19.2 Å². The van der Waals surface area contributed by atoms with E-state index < -0.39 is 17.7 Å². The molecule has 4 rings (SSSR count). The first-order chi connectivity index (χ1) is 17.8. The summed E-state index contributed by atoms with van der Waals surface area (Å²) in [6.07, 6.45) is 2.62. The number of amides is 1. The monoisotopic (exact) mass is 506 g/mol. The lowest BCUT2D eigenvalue weighted by Crippen LogP contribution is -2.35. The number of likely N-dealkylation sites (tertiary alicyclic amines) is 1. The van der Waals surface area contributed by atoms with Gasteiger partial charge in [0.1, 0.15) is 11.3 Å². The Morgan fingerprint density at radius 1 is 1.11 bits per heavy atom. The minimum absolute atomic E-state index is 0.0298. The molecule has 9 heteroatoms. The number of carbonyl (C=O) groups is 2. The smallest absolute Gasteiger partial charge is 0.295 e. The van der Waals surface area contributed by atoms with Crippen LogP contribution < -0.4 is 9.47 Å². The summed E-state index contributed by atoms with van der Waals surface area (Å²) in [4.78, 5) is 34.7. The Morgan fingerprint density at radius 3 is 2.59 bits per heavy atom. The molecule has 0 bridgehead atoms. The Labute approximate surface area is 216 Å². The van der Waals surface area contributed by atoms with Crippen molar-refractivity contribution in [1.29, 1.82) is 0 Å². The van der Waals surface area contributed by atoms with E-state index in [9.17, 15) is 14.7 Å². The number of benzene rings is 1. The third kappa shape index (κ3) is 5.04. The number of ketones is 1. The lowest BCUT2D eigenvalue weighted by molar-refractivity contribution is -0.140. The molecule has 1 unspecified atom stereocenters. The van der Waals surface area contributed by atoms with Crippen LogP contribution in [0.2, 0.25) is 0 Å². The number of rotatable bonds is 10. The van der Waals surface area contributed by atoms with Gasteiger partial charge in [-0.1, -0.05) is 19.1 Å². The molecule has 1 N–H and O–H groups in total. The number of imidazole rings is 1. The van der Waals surface area contributed by atoms with Gasteiger partial charge in [-0.3, -0.25) is 14.0 Å². The van der Waals surface area contributed by atoms with Crippen LogP contribution in [0.3, 0.4) is 0 Å². The van der Waals surface area contributed by atoms with Crippen molar-refractivity contribution < 1.29 is 24.2 Å². The molecule has 0 aliphatic carbocycles. The number of hydrogen-bond donors (Lipinski definition) is 1. The molecule has 3 heterocycles. The van der Waals surface area contributed by atoms with E-state index in [2.05, 4.69) is 4.98 Å². The van der Waals surface area contributed by atoms with E-state index in [1.807, 2.05) is 57.1 Å². The second-order valence-electron chi connectivity index (χ2n) is 9.26. The predicted octanol–water partition coefficient (Wildman–Crippen LogP) is 3.81. The van der Waals surface area contributed by atoms with E-state index in [0.29, 0.717) is 60.4 Å². The fourth-order valence-corrected chi connectivity index (χ4v) is 4.59. The molecule has 0 saturated carbocycles. The molecule has 37 heavy (non-hydrogen) atoms. The van der Waals surface area contributed by atoms with E-state index in [0.717, 1.165) is 6.42 Å². The van der Waals surface area contributed by atoms with Gasteiger partial charge in [-0.05, 0) is 64.2 Å². The number of aliphatic hydroxyl groups excluding tert-OH is 1. The van der Waals surface area contributed by atoms with Crippen molar-refractivity contribution in [2.75, 3.05) is 40.4 Å². The van der Waals surface area contributed by atoms with Gasteiger partial charge in [0.2, 0.25) is 0 Å². The minimum Gasteiger partial charge on any atom is -0.505 e. The number of fused-ring (bicyclic) bond motifs is 1. The predicted molar refractivity (Wildman–Crippen MR) is 141 cm³/mol. The Hall–Kier alpha value is -3.85. The van der Waals surface area contributed by atoms with Crippen molar-refractivity contribution in [2.24, 2.45) is 0 Å². The highest BCUT2D eigenvalue weighted by Crippen LogP contribution is 2.42. The Kier molecular flexibility index (Phi) is 7.83. The van der Waals surface area contributed by atoms with Crippen LogP contribution in [0, 0.1) is 6.92 Å². The van der Waals surface area contributed by atoms with Gasteiger partial charge in [0.25, 0.3) is 11.7 Å². The SMILES string of the molecule is CCCOc1ccc(C2C(=C(O)c3c(C)nc4ccccn34)C(=O)C(=O)N2CCN(C)C)cc1OCC. The van der Waals surface area contributed by atoms with Gasteiger partial charge in [-0.25, -0.2) is 4.98 Å². The maximum absolute atomic E-state index is 13.4. The van der Waals surface area contributed by atoms with Gasteiger partial charge >= 0.3 is 0 Å². The molecule has 3 aromatic rings. The normalized spacial score (nSPS) is 17.2. The highest BCUT2D eigenvalue weighted by atomic mass is 16.5. The second-order valence-corrected chi connectivity index (χ2v) is 9.26. The van der Waals surface area contributed by atoms with Gasteiger partial charge in [-0.2, -0.15) is 0 Å². The van der Waals surface area contributed by atoms with Crippen LogP contribution in [0.15, 0.2) is 48.2 Å². The van der Waals surface area contributed by atoms with Crippen molar-refractivity contribution in [3.05, 3.63) is 65.1 Å². The molecule has 1 atom stereocenters. The molecule has 1 aliphatic rings. The maximum Gasteiger partial charge on any atom is 0.295 e. The summed E-state index contributed by atoms with van der Waals surface area (Å²) >= 11 is 0. The number of ether oxygens (including phenoxy) is 2. The summed E-state index contributed by atoms with van der Waals surface area (Å²) in [6, 6.07) is 10.1. The zero-order valence-electron chi connectivity index (χ0n) is 22.0. The molecular weight excluding hydrogens is 472 g/mol. The number of carbonyl (C=O) groups excluding carboxylic acids is 2. The van der Waals surface area contributed by atoms with E-state index >= 15 is 0 Å². The molecule has 196 valence electrons. The lowest BCUT2D eigenvalue weighted by atomic mass is 9.96. The van der Waals surface area contributed by atoms with Crippen LogP contribution in [0.1, 0.15) is 43.3 Å². The molecule has 1 aliphatic heterocycles. The lowest BCUT2D eigenvalue weighted by Gasteiger charge is -2.27. The summed E-state index contributed by atoms with van der Waals surface area (Å²) in [6.45, 7) is 7.49. The van der Waals surface area contributed by atoms with Crippen LogP contribution >= 0.6 is 0 Å². The van der Waals surface area contributed by atoms with Gasteiger partial charge in [0.15, 0.2) is 17.3 Å². The number of pyridine rings is 1. The first-order valence-corrected chi connectivity index (χ1v) is 12.5. The largest absolute Gasteiger partial charge is 0.505 e. The number of hydrogen-bond acceptors (Lipinski definition) is 7. The Morgan fingerprint density at radius 2 is 1.89 bits per heavy atom. The number of aliphatic hydroxyl groups is 1. The van der Waals surface area contributed by atoms with Crippen molar-refractivity contribution in [3.8, 4) is 11.5 Å². The fraction of sp³-hybridized carbons (Fsp3) is 0.393. The first-order valence-electron chi connectivity index (χ1n) is 12.5. The van der Waals surface area contributed by atoms with Crippen LogP contribution in [0.25, 0.3) is 11.4 Å². The molecule has 1 saturated heterocycles. The Bertz CT molecular complexity index is 1340. The van der Waals surface area contributed by atoms with Crippen LogP contribution in [-0.2, 0) is 9.59 Å².